The molecule has 7 nitrogen and oxygen atoms in total. The largest absolute Gasteiger partial charge is 0.378 e. The van der Waals surface area contributed by atoms with E-state index in [2.05, 4.69) is 19.9 Å². The molecule has 0 aliphatic carbocycles. The molecule has 2 aromatic rings. The number of anilines is 2. The summed E-state index contributed by atoms with van der Waals surface area (Å²) in [5.41, 5.74) is 7.82. The van der Waals surface area contributed by atoms with E-state index >= 15 is 0 Å². The molecule has 110 valence electrons. The Balaban J connectivity index is 2.00. The highest BCUT2D eigenvalue weighted by atomic mass is 35.5. The van der Waals surface area contributed by atoms with E-state index < -0.39 is 0 Å². The molecule has 1 fully saturated rings. The highest BCUT2D eigenvalue weighted by Gasteiger charge is 2.17. The molecule has 0 bridgehead atoms. The van der Waals surface area contributed by atoms with Crippen molar-refractivity contribution in [2.24, 2.45) is 0 Å². The van der Waals surface area contributed by atoms with Crippen LogP contribution in [0.3, 0.4) is 0 Å². The van der Waals surface area contributed by atoms with Gasteiger partial charge >= 0.3 is 0 Å². The van der Waals surface area contributed by atoms with Crippen molar-refractivity contribution in [2.75, 3.05) is 36.9 Å². The van der Waals surface area contributed by atoms with Crippen LogP contribution in [-0.4, -0.2) is 46.2 Å². The van der Waals surface area contributed by atoms with Gasteiger partial charge in [0.2, 0.25) is 11.9 Å². The normalized spacial score (nSPS) is 15.2. The summed E-state index contributed by atoms with van der Waals surface area (Å²) in [6.45, 7) is 4.68. The molecule has 2 aromatic heterocycles. The SMILES string of the molecule is Cc1nc(N)ncc1-c1cc(Cl)nc(N2CCOCC2)n1. The van der Waals surface area contributed by atoms with Crippen molar-refractivity contribution in [3.63, 3.8) is 0 Å². The van der Waals surface area contributed by atoms with Gasteiger partial charge in [0.15, 0.2) is 0 Å². The third kappa shape index (κ3) is 3.03. The Hall–Kier alpha value is -1.99. The van der Waals surface area contributed by atoms with Gasteiger partial charge in [0.1, 0.15) is 5.15 Å². The maximum absolute atomic E-state index is 6.13. The van der Waals surface area contributed by atoms with Crippen molar-refractivity contribution in [3.8, 4) is 11.3 Å². The molecule has 21 heavy (non-hydrogen) atoms. The molecule has 2 N–H and O–H groups in total. The number of aromatic nitrogens is 4. The van der Waals surface area contributed by atoms with Gasteiger partial charge in [-0.1, -0.05) is 11.6 Å². The van der Waals surface area contributed by atoms with Crippen LogP contribution in [-0.2, 0) is 4.74 Å². The zero-order valence-corrected chi connectivity index (χ0v) is 12.3. The molecule has 0 saturated carbocycles. The Morgan fingerprint density at radius 1 is 1.24 bits per heavy atom. The molecule has 1 saturated heterocycles. The average Bonchev–Trinajstić information content (AvgIpc) is 2.47. The van der Waals surface area contributed by atoms with Gasteiger partial charge in [-0.25, -0.2) is 19.9 Å². The van der Waals surface area contributed by atoms with Crippen molar-refractivity contribution in [1.82, 2.24) is 19.9 Å². The van der Waals surface area contributed by atoms with Crippen LogP contribution in [0.1, 0.15) is 5.69 Å². The van der Waals surface area contributed by atoms with Crippen molar-refractivity contribution in [1.29, 1.82) is 0 Å². The maximum Gasteiger partial charge on any atom is 0.227 e. The monoisotopic (exact) mass is 306 g/mol. The summed E-state index contributed by atoms with van der Waals surface area (Å²) in [6.07, 6.45) is 1.65. The van der Waals surface area contributed by atoms with E-state index in [-0.39, 0.29) is 5.95 Å². The van der Waals surface area contributed by atoms with Gasteiger partial charge < -0.3 is 15.4 Å². The van der Waals surface area contributed by atoms with Gasteiger partial charge in [-0.3, -0.25) is 0 Å². The quantitative estimate of drug-likeness (QED) is 0.837. The standard InChI is InChI=1S/C13H15ClN6O/c1-8-9(7-16-12(15)17-8)10-6-11(14)19-13(18-10)20-2-4-21-5-3-20/h6-7H,2-5H2,1H3,(H2,15,16,17). The zero-order chi connectivity index (χ0) is 14.8. The third-order valence-electron chi connectivity index (χ3n) is 3.25. The maximum atomic E-state index is 6.13. The van der Waals surface area contributed by atoms with Crippen molar-refractivity contribution in [2.45, 2.75) is 6.92 Å². The van der Waals surface area contributed by atoms with Gasteiger partial charge in [-0.05, 0) is 6.92 Å². The first-order valence-electron chi connectivity index (χ1n) is 6.60. The van der Waals surface area contributed by atoms with Crippen molar-refractivity contribution < 1.29 is 4.74 Å². The lowest BCUT2D eigenvalue weighted by Gasteiger charge is -2.27. The van der Waals surface area contributed by atoms with Gasteiger partial charge in [0.25, 0.3) is 0 Å². The Kier molecular flexibility index (Phi) is 3.85. The lowest BCUT2D eigenvalue weighted by atomic mass is 10.2. The van der Waals surface area contributed by atoms with Crippen LogP contribution in [0.25, 0.3) is 11.3 Å². The molecule has 0 aromatic carbocycles. The summed E-state index contributed by atoms with van der Waals surface area (Å²) in [5, 5.41) is 0.387. The van der Waals surface area contributed by atoms with Crippen LogP contribution >= 0.6 is 11.6 Å². The smallest absolute Gasteiger partial charge is 0.227 e. The van der Waals surface area contributed by atoms with Crippen molar-refractivity contribution in [3.05, 3.63) is 23.1 Å². The van der Waals surface area contributed by atoms with E-state index in [9.17, 15) is 0 Å². The number of hydrogen-bond acceptors (Lipinski definition) is 7. The minimum absolute atomic E-state index is 0.241. The summed E-state index contributed by atoms with van der Waals surface area (Å²) in [7, 11) is 0. The molecule has 0 radical (unpaired) electrons. The Bertz CT molecular complexity index is 659. The highest BCUT2D eigenvalue weighted by molar-refractivity contribution is 6.29. The zero-order valence-electron chi connectivity index (χ0n) is 11.6. The van der Waals surface area contributed by atoms with E-state index in [1.54, 1.807) is 12.3 Å². The van der Waals surface area contributed by atoms with E-state index in [1.807, 2.05) is 11.8 Å². The van der Waals surface area contributed by atoms with Crippen LogP contribution in [0, 0.1) is 6.92 Å². The number of halogens is 1. The van der Waals surface area contributed by atoms with E-state index in [4.69, 9.17) is 22.1 Å². The fourth-order valence-corrected chi connectivity index (χ4v) is 2.36. The van der Waals surface area contributed by atoms with Crippen LogP contribution in [0.5, 0.6) is 0 Å². The molecule has 1 aliphatic heterocycles. The number of nitrogens with two attached hydrogens (primary N) is 1. The fourth-order valence-electron chi connectivity index (χ4n) is 2.18. The first kappa shape index (κ1) is 14.0. The summed E-state index contributed by atoms with van der Waals surface area (Å²) in [4.78, 5) is 19.1. The number of nitrogen functional groups attached to an aromatic ring is 1. The predicted molar refractivity (Wildman–Crippen MR) is 80.2 cm³/mol. The second-order valence-corrected chi connectivity index (χ2v) is 5.09. The Labute approximate surface area is 127 Å². The van der Waals surface area contributed by atoms with Crippen LogP contribution < -0.4 is 10.6 Å². The van der Waals surface area contributed by atoms with Gasteiger partial charge in [-0.15, -0.1) is 0 Å². The van der Waals surface area contributed by atoms with E-state index in [0.717, 1.165) is 24.3 Å². The molecule has 0 amide bonds. The topological polar surface area (TPSA) is 90.0 Å². The lowest BCUT2D eigenvalue weighted by Crippen LogP contribution is -2.37. The molecule has 0 unspecified atom stereocenters. The van der Waals surface area contributed by atoms with Gasteiger partial charge in [0, 0.05) is 30.9 Å². The Morgan fingerprint density at radius 2 is 2.00 bits per heavy atom. The molecule has 0 atom stereocenters. The van der Waals surface area contributed by atoms with Crippen molar-refractivity contribution >= 4 is 23.5 Å². The van der Waals surface area contributed by atoms with Crippen LogP contribution in [0.2, 0.25) is 5.15 Å². The van der Waals surface area contributed by atoms with Gasteiger partial charge in [-0.2, -0.15) is 0 Å². The second kappa shape index (κ2) is 5.79. The highest BCUT2D eigenvalue weighted by Crippen LogP contribution is 2.25. The minimum atomic E-state index is 0.241. The van der Waals surface area contributed by atoms with Crippen LogP contribution in [0.4, 0.5) is 11.9 Å². The van der Waals surface area contributed by atoms with Gasteiger partial charge in [0.05, 0.1) is 24.6 Å². The number of nitrogens with zero attached hydrogens (tertiary/aromatic N) is 5. The summed E-state index contributed by atoms with van der Waals surface area (Å²) in [5.74, 6) is 0.835. The number of hydrogen-bond donors (Lipinski definition) is 1. The Morgan fingerprint density at radius 3 is 2.71 bits per heavy atom. The summed E-state index contributed by atoms with van der Waals surface area (Å²) in [6, 6.07) is 1.70. The number of aryl methyl sites for hydroxylation is 1. The fraction of sp³-hybridized carbons (Fsp3) is 0.385. The average molecular weight is 307 g/mol. The number of morpholine rings is 1. The molecule has 0 spiro atoms. The van der Waals surface area contributed by atoms with Crippen LogP contribution in [0.15, 0.2) is 12.3 Å². The third-order valence-corrected chi connectivity index (χ3v) is 3.44. The molecule has 1 aliphatic rings. The van der Waals surface area contributed by atoms with E-state index in [1.165, 1.54) is 0 Å². The molecule has 3 rings (SSSR count). The molecule has 8 heteroatoms. The first-order chi connectivity index (χ1) is 10.1. The molecule has 3 heterocycles. The molecular formula is C13H15ClN6O. The van der Waals surface area contributed by atoms with E-state index in [0.29, 0.717) is 30.0 Å². The summed E-state index contributed by atoms with van der Waals surface area (Å²) >= 11 is 6.13. The molecular weight excluding hydrogens is 292 g/mol. The number of ether oxygens (including phenoxy) is 1. The lowest BCUT2D eigenvalue weighted by molar-refractivity contribution is 0.122. The second-order valence-electron chi connectivity index (χ2n) is 4.70. The number of rotatable bonds is 2. The predicted octanol–water partition coefficient (Wildman–Crippen LogP) is 1.31. The minimum Gasteiger partial charge on any atom is -0.378 e. The summed E-state index contributed by atoms with van der Waals surface area (Å²) < 4.78 is 5.33. The first-order valence-corrected chi connectivity index (χ1v) is 6.98.